The van der Waals surface area contributed by atoms with Crippen LogP contribution in [0.1, 0.15) is 27.0 Å². The zero-order valence-corrected chi connectivity index (χ0v) is 11.5. The van der Waals surface area contributed by atoms with E-state index < -0.39 is 0 Å². The van der Waals surface area contributed by atoms with Crippen LogP contribution in [0, 0.1) is 29.6 Å². The summed E-state index contributed by atoms with van der Waals surface area (Å²) in [5, 5.41) is 17.9. The maximum absolute atomic E-state index is 12.3. The molecule has 2 rings (SSSR count). The molecule has 0 aliphatic carbocycles. The first-order valence-corrected chi connectivity index (χ1v) is 6.37. The lowest BCUT2D eigenvalue weighted by molar-refractivity contribution is 0.104. The van der Waals surface area contributed by atoms with Gasteiger partial charge in [0, 0.05) is 5.56 Å². The number of carbonyl (C=O) groups is 1. The number of hydrogen-bond donors (Lipinski definition) is 0. The molecular weight excluding hydrogens is 260 g/mol. The number of hydrogen-bond acceptors (Lipinski definition) is 3. The molecule has 0 saturated heterocycles. The highest BCUT2D eigenvalue weighted by Gasteiger charge is 2.12. The number of carbonyl (C=O) groups excluding carboxylic acids is 1. The molecular formula is C18H12N2O. The highest BCUT2D eigenvalue weighted by Crippen LogP contribution is 2.14. The third-order valence-corrected chi connectivity index (χ3v) is 3.00. The SMILES string of the molecule is Cc1cccc(C(=O)/C(C#N)=C/c2ccc(C#N)cc2)c1. The van der Waals surface area contributed by atoms with E-state index in [1.807, 2.05) is 25.1 Å². The Morgan fingerprint density at radius 1 is 1.10 bits per heavy atom. The molecule has 0 radical (unpaired) electrons. The minimum absolute atomic E-state index is 0.0744. The average Bonchev–Trinajstić information content (AvgIpc) is 2.52. The summed E-state index contributed by atoms with van der Waals surface area (Å²) in [6.45, 7) is 1.90. The zero-order chi connectivity index (χ0) is 15.2. The van der Waals surface area contributed by atoms with Crippen molar-refractivity contribution in [3.05, 3.63) is 76.4 Å². The monoisotopic (exact) mass is 272 g/mol. The molecule has 0 unspecified atom stereocenters. The zero-order valence-electron chi connectivity index (χ0n) is 11.5. The van der Waals surface area contributed by atoms with Gasteiger partial charge in [-0.05, 0) is 36.8 Å². The van der Waals surface area contributed by atoms with Crippen molar-refractivity contribution >= 4 is 11.9 Å². The summed E-state index contributed by atoms with van der Waals surface area (Å²) in [6, 6.07) is 17.8. The van der Waals surface area contributed by atoms with Gasteiger partial charge in [-0.3, -0.25) is 4.79 Å². The Morgan fingerprint density at radius 2 is 1.81 bits per heavy atom. The fraction of sp³-hybridized carbons (Fsp3) is 0.0556. The van der Waals surface area contributed by atoms with E-state index in [-0.39, 0.29) is 11.4 Å². The molecule has 2 aromatic carbocycles. The molecule has 21 heavy (non-hydrogen) atoms. The summed E-state index contributed by atoms with van der Waals surface area (Å²) in [6.07, 6.45) is 1.53. The van der Waals surface area contributed by atoms with E-state index in [0.29, 0.717) is 16.7 Å². The van der Waals surface area contributed by atoms with Gasteiger partial charge in [0.2, 0.25) is 5.78 Å². The topological polar surface area (TPSA) is 64.7 Å². The van der Waals surface area contributed by atoms with Crippen LogP contribution in [-0.4, -0.2) is 5.78 Å². The van der Waals surface area contributed by atoms with Crippen LogP contribution >= 0.6 is 0 Å². The molecule has 0 fully saturated rings. The molecule has 0 saturated carbocycles. The summed E-state index contributed by atoms with van der Waals surface area (Å²) in [4.78, 5) is 12.3. The second-order valence-corrected chi connectivity index (χ2v) is 4.60. The van der Waals surface area contributed by atoms with E-state index in [4.69, 9.17) is 5.26 Å². The van der Waals surface area contributed by atoms with Crippen LogP contribution in [0.2, 0.25) is 0 Å². The smallest absolute Gasteiger partial charge is 0.203 e. The standard InChI is InChI=1S/C18H12N2O/c1-13-3-2-4-16(9-13)18(21)17(12-20)10-14-5-7-15(11-19)8-6-14/h2-10H,1H3/b17-10+. The summed E-state index contributed by atoms with van der Waals surface area (Å²) in [5.41, 5.74) is 2.79. The van der Waals surface area contributed by atoms with Crippen LogP contribution in [0.5, 0.6) is 0 Å². The Hall–Kier alpha value is -3.17. The second kappa shape index (κ2) is 6.32. The Labute approximate surface area is 123 Å². The van der Waals surface area contributed by atoms with Crippen LogP contribution < -0.4 is 0 Å². The van der Waals surface area contributed by atoms with Gasteiger partial charge in [-0.15, -0.1) is 0 Å². The molecule has 100 valence electrons. The van der Waals surface area contributed by atoms with Crippen molar-refractivity contribution in [2.75, 3.05) is 0 Å². The van der Waals surface area contributed by atoms with E-state index >= 15 is 0 Å². The summed E-state index contributed by atoms with van der Waals surface area (Å²) in [7, 11) is 0. The molecule has 3 heteroatoms. The van der Waals surface area contributed by atoms with Crippen molar-refractivity contribution in [2.45, 2.75) is 6.92 Å². The molecule has 2 aromatic rings. The van der Waals surface area contributed by atoms with Crippen molar-refractivity contribution in [3.8, 4) is 12.1 Å². The normalized spacial score (nSPS) is 10.5. The first-order valence-electron chi connectivity index (χ1n) is 6.37. The average molecular weight is 272 g/mol. The predicted molar refractivity (Wildman–Crippen MR) is 80.3 cm³/mol. The van der Waals surface area contributed by atoms with Crippen LogP contribution in [0.25, 0.3) is 6.08 Å². The molecule has 0 aliphatic rings. The molecule has 0 atom stereocenters. The van der Waals surface area contributed by atoms with Gasteiger partial charge in [0.1, 0.15) is 11.6 Å². The quantitative estimate of drug-likeness (QED) is 0.486. The predicted octanol–water partition coefficient (Wildman–Crippen LogP) is 3.66. The largest absolute Gasteiger partial charge is 0.288 e. The molecule has 0 N–H and O–H groups in total. The minimum atomic E-state index is -0.300. The Morgan fingerprint density at radius 3 is 2.38 bits per heavy atom. The van der Waals surface area contributed by atoms with Gasteiger partial charge in [-0.1, -0.05) is 35.9 Å². The van der Waals surface area contributed by atoms with E-state index in [1.165, 1.54) is 6.08 Å². The molecule has 0 aliphatic heterocycles. The van der Waals surface area contributed by atoms with Gasteiger partial charge >= 0.3 is 0 Å². The highest BCUT2D eigenvalue weighted by molar-refractivity contribution is 6.14. The summed E-state index contributed by atoms with van der Waals surface area (Å²) in [5.74, 6) is -0.300. The first-order chi connectivity index (χ1) is 10.1. The molecule has 0 heterocycles. The van der Waals surface area contributed by atoms with Crippen LogP contribution in [-0.2, 0) is 0 Å². The van der Waals surface area contributed by atoms with E-state index in [2.05, 4.69) is 0 Å². The maximum Gasteiger partial charge on any atom is 0.203 e. The molecule has 3 nitrogen and oxygen atoms in total. The van der Waals surface area contributed by atoms with Crippen LogP contribution in [0.4, 0.5) is 0 Å². The molecule has 0 spiro atoms. The molecule has 0 bridgehead atoms. The third-order valence-electron chi connectivity index (χ3n) is 3.00. The lowest BCUT2D eigenvalue weighted by Crippen LogP contribution is -2.02. The number of aryl methyl sites for hydroxylation is 1. The van der Waals surface area contributed by atoms with Gasteiger partial charge in [0.05, 0.1) is 11.6 Å². The van der Waals surface area contributed by atoms with Crippen molar-refractivity contribution < 1.29 is 4.79 Å². The number of allylic oxidation sites excluding steroid dienone is 1. The fourth-order valence-electron chi connectivity index (χ4n) is 1.91. The highest BCUT2D eigenvalue weighted by atomic mass is 16.1. The van der Waals surface area contributed by atoms with Gasteiger partial charge in [-0.25, -0.2) is 0 Å². The number of nitriles is 2. The van der Waals surface area contributed by atoms with E-state index in [1.54, 1.807) is 42.5 Å². The van der Waals surface area contributed by atoms with Gasteiger partial charge in [-0.2, -0.15) is 10.5 Å². The molecule has 0 amide bonds. The van der Waals surface area contributed by atoms with Crippen molar-refractivity contribution in [3.63, 3.8) is 0 Å². The van der Waals surface area contributed by atoms with E-state index in [9.17, 15) is 10.1 Å². The van der Waals surface area contributed by atoms with Crippen LogP contribution in [0.3, 0.4) is 0 Å². The number of rotatable bonds is 3. The first kappa shape index (κ1) is 14.2. The third kappa shape index (κ3) is 3.43. The van der Waals surface area contributed by atoms with Crippen molar-refractivity contribution in [1.29, 1.82) is 10.5 Å². The van der Waals surface area contributed by atoms with Gasteiger partial charge in [0.15, 0.2) is 0 Å². The Bertz CT molecular complexity index is 787. The maximum atomic E-state index is 12.3. The fourth-order valence-corrected chi connectivity index (χ4v) is 1.91. The Kier molecular flexibility index (Phi) is 4.29. The summed E-state index contributed by atoms with van der Waals surface area (Å²) < 4.78 is 0. The number of nitrogens with zero attached hydrogens (tertiary/aromatic N) is 2. The second-order valence-electron chi connectivity index (χ2n) is 4.60. The van der Waals surface area contributed by atoms with Gasteiger partial charge < -0.3 is 0 Å². The number of ketones is 1. The van der Waals surface area contributed by atoms with Crippen molar-refractivity contribution in [2.24, 2.45) is 0 Å². The van der Waals surface area contributed by atoms with E-state index in [0.717, 1.165) is 5.56 Å². The van der Waals surface area contributed by atoms with Crippen molar-refractivity contribution in [1.82, 2.24) is 0 Å². The van der Waals surface area contributed by atoms with Crippen LogP contribution in [0.15, 0.2) is 54.1 Å². The Balaban J connectivity index is 2.35. The minimum Gasteiger partial charge on any atom is -0.288 e. The molecule has 0 aromatic heterocycles. The summed E-state index contributed by atoms with van der Waals surface area (Å²) >= 11 is 0. The lowest BCUT2D eigenvalue weighted by Gasteiger charge is -2.01. The lowest BCUT2D eigenvalue weighted by atomic mass is 10.0. The number of Topliss-reactive ketones (excluding diaryl/α,β-unsaturated/α-hetero) is 1. The number of benzene rings is 2. The van der Waals surface area contributed by atoms with Gasteiger partial charge in [0.25, 0.3) is 0 Å².